The predicted molar refractivity (Wildman–Crippen MR) is 135 cm³/mol. The third kappa shape index (κ3) is 4.44. The number of anilines is 1. The van der Waals surface area contributed by atoms with Crippen molar-refractivity contribution in [3.05, 3.63) is 113 Å². The molecule has 0 spiro atoms. The Labute approximate surface area is 200 Å². The molecule has 33 heavy (non-hydrogen) atoms. The van der Waals surface area contributed by atoms with E-state index in [4.69, 9.17) is 33.2 Å². The molecule has 0 radical (unpaired) electrons. The lowest BCUT2D eigenvalue weighted by molar-refractivity contribution is 0.102. The van der Waals surface area contributed by atoms with Crippen molar-refractivity contribution >= 4 is 45.8 Å². The summed E-state index contributed by atoms with van der Waals surface area (Å²) in [7, 11) is 0. The summed E-state index contributed by atoms with van der Waals surface area (Å²) >= 11 is 12.1. The number of nitrogens with one attached hydrogen (secondary N) is 1. The summed E-state index contributed by atoms with van der Waals surface area (Å²) in [5.41, 5.74) is 5.75. The van der Waals surface area contributed by atoms with Crippen molar-refractivity contribution in [1.29, 1.82) is 0 Å². The molecule has 160 valence electrons. The van der Waals surface area contributed by atoms with Crippen molar-refractivity contribution in [2.45, 2.75) is 0 Å². The van der Waals surface area contributed by atoms with E-state index in [0.29, 0.717) is 32.3 Å². The number of carbonyl (C=O) groups excluding carboxylic acids is 1. The fourth-order valence-corrected chi connectivity index (χ4v) is 4.03. The summed E-state index contributed by atoms with van der Waals surface area (Å²) in [6, 6.07) is 30.1. The number of carbonyl (C=O) groups is 1. The molecule has 1 N–H and O–H groups in total. The minimum Gasteiger partial charge on any atom is -0.321 e. The summed E-state index contributed by atoms with van der Waals surface area (Å²) in [5.74, 6) is -0.295. The van der Waals surface area contributed by atoms with Crippen molar-refractivity contribution in [2.75, 3.05) is 5.32 Å². The number of hydrogen-bond donors (Lipinski definition) is 1. The highest BCUT2D eigenvalue weighted by molar-refractivity contribution is 6.36. The van der Waals surface area contributed by atoms with Crippen LogP contribution < -0.4 is 5.32 Å². The molecule has 5 aromatic rings. The van der Waals surface area contributed by atoms with Crippen molar-refractivity contribution in [2.24, 2.45) is 0 Å². The molecule has 0 aliphatic carbocycles. The van der Waals surface area contributed by atoms with E-state index in [-0.39, 0.29) is 5.91 Å². The SMILES string of the molecule is O=C(Nc1ccc(Cl)cc1Cl)c1ccc2nc(-c3ccccc3)c(-c3ccccc3)nc2c1. The number of hydrogen-bond acceptors (Lipinski definition) is 3. The lowest BCUT2D eigenvalue weighted by Crippen LogP contribution is -2.12. The lowest BCUT2D eigenvalue weighted by atomic mass is 10.0. The van der Waals surface area contributed by atoms with Crippen LogP contribution in [0.5, 0.6) is 0 Å². The quantitative estimate of drug-likeness (QED) is 0.296. The largest absolute Gasteiger partial charge is 0.321 e. The number of halogens is 2. The third-order valence-corrected chi connectivity index (χ3v) is 5.75. The molecule has 0 fully saturated rings. The fourth-order valence-electron chi connectivity index (χ4n) is 3.58. The maximum atomic E-state index is 12.9. The second kappa shape index (κ2) is 9.02. The van der Waals surface area contributed by atoms with E-state index in [1.165, 1.54) is 0 Å². The van der Waals surface area contributed by atoms with Crippen LogP contribution in [-0.4, -0.2) is 15.9 Å². The molecule has 0 saturated carbocycles. The van der Waals surface area contributed by atoms with Crippen LogP contribution in [0.2, 0.25) is 10.0 Å². The third-order valence-electron chi connectivity index (χ3n) is 5.20. The molecule has 6 heteroatoms. The van der Waals surface area contributed by atoms with Crippen LogP contribution in [0.3, 0.4) is 0 Å². The van der Waals surface area contributed by atoms with Gasteiger partial charge in [-0.05, 0) is 36.4 Å². The lowest BCUT2D eigenvalue weighted by Gasteiger charge is -2.12. The standard InChI is InChI=1S/C27H17Cl2N3O/c28-20-12-14-22(21(29)16-20)32-27(33)19-11-13-23-24(15-19)31-26(18-9-5-2-6-10-18)25(30-23)17-7-3-1-4-8-17/h1-16H,(H,32,33). The smallest absolute Gasteiger partial charge is 0.255 e. The molecule has 4 nitrogen and oxygen atoms in total. The van der Waals surface area contributed by atoms with E-state index in [1.807, 2.05) is 66.7 Å². The highest BCUT2D eigenvalue weighted by Crippen LogP contribution is 2.31. The van der Waals surface area contributed by atoms with Gasteiger partial charge in [0.2, 0.25) is 0 Å². The maximum absolute atomic E-state index is 12.9. The Kier molecular flexibility index (Phi) is 5.78. The Morgan fingerprint density at radius 3 is 1.88 bits per heavy atom. The van der Waals surface area contributed by atoms with Gasteiger partial charge in [0.1, 0.15) is 0 Å². The second-order valence-electron chi connectivity index (χ2n) is 7.43. The zero-order valence-corrected chi connectivity index (χ0v) is 18.8. The van der Waals surface area contributed by atoms with Gasteiger partial charge in [-0.1, -0.05) is 83.9 Å². The molecule has 0 aliphatic heterocycles. The zero-order valence-electron chi connectivity index (χ0n) is 17.3. The van der Waals surface area contributed by atoms with E-state index in [2.05, 4.69) is 5.32 Å². The van der Waals surface area contributed by atoms with Gasteiger partial charge in [0, 0.05) is 21.7 Å². The number of nitrogens with zero attached hydrogens (tertiary/aromatic N) is 2. The van der Waals surface area contributed by atoms with E-state index in [0.717, 1.165) is 22.5 Å². The van der Waals surface area contributed by atoms with E-state index < -0.39 is 0 Å². The van der Waals surface area contributed by atoms with Crippen LogP contribution in [0.4, 0.5) is 5.69 Å². The molecule has 0 aliphatic rings. The van der Waals surface area contributed by atoms with Gasteiger partial charge in [-0.3, -0.25) is 4.79 Å². The molecule has 1 heterocycles. The summed E-state index contributed by atoms with van der Waals surface area (Å²) < 4.78 is 0. The van der Waals surface area contributed by atoms with Crippen LogP contribution in [0, 0.1) is 0 Å². The van der Waals surface area contributed by atoms with Crippen molar-refractivity contribution in [3.63, 3.8) is 0 Å². The van der Waals surface area contributed by atoms with Crippen LogP contribution in [0.1, 0.15) is 10.4 Å². The van der Waals surface area contributed by atoms with Gasteiger partial charge < -0.3 is 5.32 Å². The molecule has 5 rings (SSSR count). The van der Waals surface area contributed by atoms with Crippen molar-refractivity contribution in [3.8, 4) is 22.5 Å². The van der Waals surface area contributed by atoms with Gasteiger partial charge in [-0.2, -0.15) is 0 Å². The van der Waals surface area contributed by atoms with E-state index >= 15 is 0 Å². The monoisotopic (exact) mass is 469 g/mol. The first kappa shape index (κ1) is 21.1. The summed E-state index contributed by atoms with van der Waals surface area (Å²) in [4.78, 5) is 22.7. The Morgan fingerprint density at radius 2 is 1.27 bits per heavy atom. The van der Waals surface area contributed by atoms with Gasteiger partial charge in [-0.15, -0.1) is 0 Å². The first-order valence-corrected chi connectivity index (χ1v) is 11.0. The van der Waals surface area contributed by atoms with Gasteiger partial charge in [-0.25, -0.2) is 9.97 Å². The first-order valence-electron chi connectivity index (χ1n) is 10.3. The summed E-state index contributed by atoms with van der Waals surface area (Å²) in [5, 5.41) is 3.70. The van der Waals surface area contributed by atoms with Crippen LogP contribution in [0.25, 0.3) is 33.5 Å². The van der Waals surface area contributed by atoms with E-state index in [9.17, 15) is 4.79 Å². The highest BCUT2D eigenvalue weighted by Gasteiger charge is 2.15. The molecule has 0 saturated heterocycles. The van der Waals surface area contributed by atoms with E-state index in [1.54, 1.807) is 30.3 Å². The highest BCUT2D eigenvalue weighted by atomic mass is 35.5. The summed E-state index contributed by atoms with van der Waals surface area (Å²) in [6.07, 6.45) is 0. The van der Waals surface area contributed by atoms with Crippen LogP contribution in [0.15, 0.2) is 97.1 Å². The second-order valence-corrected chi connectivity index (χ2v) is 8.28. The zero-order chi connectivity index (χ0) is 22.8. The first-order chi connectivity index (χ1) is 16.1. The molecule has 0 unspecified atom stereocenters. The molecular weight excluding hydrogens is 453 g/mol. The summed E-state index contributed by atoms with van der Waals surface area (Å²) in [6.45, 7) is 0. The predicted octanol–water partition coefficient (Wildman–Crippen LogP) is 7.52. The van der Waals surface area contributed by atoms with Gasteiger partial charge in [0.15, 0.2) is 0 Å². The minimum absolute atomic E-state index is 0.295. The van der Waals surface area contributed by atoms with Crippen molar-refractivity contribution < 1.29 is 4.79 Å². The molecule has 1 amide bonds. The average molecular weight is 470 g/mol. The number of aromatic nitrogens is 2. The Bertz CT molecular complexity index is 1470. The average Bonchev–Trinajstić information content (AvgIpc) is 2.85. The molecule has 1 aromatic heterocycles. The Hall–Kier alpha value is -3.73. The molecule has 0 bridgehead atoms. The fraction of sp³-hybridized carbons (Fsp3) is 0. The number of rotatable bonds is 4. The van der Waals surface area contributed by atoms with Gasteiger partial charge in [0.25, 0.3) is 5.91 Å². The van der Waals surface area contributed by atoms with Crippen molar-refractivity contribution in [1.82, 2.24) is 9.97 Å². The number of fused-ring (bicyclic) bond motifs is 1. The Morgan fingerprint density at radius 1 is 0.667 bits per heavy atom. The molecular formula is C27H17Cl2N3O. The van der Waals surface area contributed by atoms with Crippen LogP contribution in [-0.2, 0) is 0 Å². The minimum atomic E-state index is -0.295. The van der Waals surface area contributed by atoms with Gasteiger partial charge >= 0.3 is 0 Å². The number of amides is 1. The Balaban J connectivity index is 1.59. The van der Waals surface area contributed by atoms with Crippen LogP contribution >= 0.6 is 23.2 Å². The molecule has 0 atom stereocenters. The molecule has 4 aromatic carbocycles. The van der Waals surface area contributed by atoms with Gasteiger partial charge in [0.05, 0.1) is 33.1 Å². The maximum Gasteiger partial charge on any atom is 0.255 e. The normalized spacial score (nSPS) is 10.8. The number of benzene rings is 4. The topological polar surface area (TPSA) is 54.9 Å².